The number of rotatable bonds is 4. The SMILES string of the molecule is COC(=O)c1cc(OC(F)F)cc(C#N)c1CBr. The number of hydrogen-bond acceptors (Lipinski definition) is 4. The molecule has 0 aliphatic carbocycles. The Bertz CT molecular complexity index is 500. The third-order valence-electron chi connectivity index (χ3n) is 2.11. The normalized spacial score (nSPS) is 10.0. The Balaban J connectivity index is 3.37. The van der Waals surface area contributed by atoms with E-state index < -0.39 is 12.6 Å². The summed E-state index contributed by atoms with van der Waals surface area (Å²) in [5.74, 6) is -0.979. The van der Waals surface area contributed by atoms with Crippen LogP contribution in [-0.4, -0.2) is 19.7 Å². The molecule has 0 spiro atoms. The first-order valence-electron chi connectivity index (χ1n) is 4.69. The summed E-state index contributed by atoms with van der Waals surface area (Å²) in [6.07, 6.45) is 0. The lowest BCUT2D eigenvalue weighted by Gasteiger charge is -2.11. The van der Waals surface area contributed by atoms with Crippen molar-refractivity contribution in [3.05, 3.63) is 28.8 Å². The van der Waals surface area contributed by atoms with Gasteiger partial charge in [0.05, 0.1) is 24.3 Å². The topological polar surface area (TPSA) is 59.3 Å². The number of halogens is 3. The van der Waals surface area contributed by atoms with Crippen molar-refractivity contribution in [2.75, 3.05) is 7.11 Å². The minimum atomic E-state index is -3.03. The number of ether oxygens (including phenoxy) is 2. The third-order valence-corrected chi connectivity index (χ3v) is 2.67. The molecular formula is C11H8BrF2NO3. The van der Waals surface area contributed by atoms with Gasteiger partial charge in [0.2, 0.25) is 0 Å². The summed E-state index contributed by atoms with van der Waals surface area (Å²) in [5, 5.41) is 9.14. The van der Waals surface area contributed by atoms with Crippen molar-refractivity contribution in [2.24, 2.45) is 0 Å². The number of hydrogen-bond donors (Lipinski definition) is 0. The minimum Gasteiger partial charge on any atom is -0.465 e. The van der Waals surface area contributed by atoms with Crippen LogP contribution in [0.4, 0.5) is 8.78 Å². The fraction of sp³-hybridized carbons (Fsp3) is 0.273. The highest BCUT2D eigenvalue weighted by molar-refractivity contribution is 9.08. The summed E-state index contributed by atoms with van der Waals surface area (Å²) >= 11 is 3.13. The highest BCUT2D eigenvalue weighted by Crippen LogP contribution is 2.26. The van der Waals surface area contributed by atoms with Crippen molar-refractivity contribution in [1.29, 1.82) is 5.26 Å². The smallest absolute Gasteiger partial charge is 0.387 e. The summed E-state index contributed by atoms with van der Waals surface area (Å²) in [5.41, 5.74) is 0.459. The third kappa shape index (κ3) is 3.17. The van der Waals surface area contributed by atoms with Crippen LogP contribution in [0.3, 0.4) is 0 Å². The van der Waals surface area contributed by atoms with Crippen LogP contribution in [0.5, 0.6) is 5.75 Å². The van der Waals surface area contributed by atoms with Crippen LogP contribution in [0, 0.1) is 11.3 Å². The molecule has 0 saturated carbocycles. The van der Waals surface area contributed by atoms with Gasteiger partial charge in [0.15, 0.2) is 0 Å². The predicted molar refractivity (Wildman–Crippen MR) is 61.8 cm³/mol. The van der Waals surface area contributed by atoms with E-state index in [0.717, 1.165) is 19.2 Å². The average Bonchev–Trinajstić information content (AvgIpc) is 2.35. The molecule has 0 aliphatic heterocycles. The summed E-state index contributed by atoms with van der Waals surface area (Å²) in [6, 6.07) is 4.09. The number of esters is 1. The molecule has 1 rings (SSSR count). The first kappa shape index (κ1) is 14.4. The number of nitrogens with zero attached hydrogens (tertiary/aromatic N) is 1. The lowest BCUT2D eigenvalue weighted by Crippen LogP contribution is -2.09. The second-order valence-corrected chi connectivity index (χ2v) is 3.67. The fourth-order valence-corrected chi connectivity index (χ4v) is 1.96. The van der Waals surface area contributed by atoms with Gasteiger partial charge in [0.1, 0.15) is 5.75 Å². The summed E-state index contributed by atoms with van der Waals surface area (Å²) in [7, 11) is 1.16. The molecule has 4 nitrogen and oxygen atoms in total. The Kier molecular flexibility index (Phi) is 5.04. The second kappa shape index (κ2) is 6.31. The van der Waals surface area contributed by atoms with Crippen molar-refractivity contribution >= 4 is 21.9 Å². The lowest BCUT2D eigenvalue weighted by atomic mass is 10.0. The van der Waals surface area contributed by atoms with Crippen molar-refractivity contribution in [2.45, 2.75) is 11.9 Å². The van der Waals surface area contributed by atoms with E-state index in [1.54, 1.807) is 0 Å². The Hall–Kier alpha value is -1.68. The molecule has 0 bridgehead atoms. The number of alkyl halides is 3. The zero-order chi connectivity index (χ0) is 13.7. The van der Waals surface area contributed by atoms with Gasteiger partial charge in [0, 0.05) is 5.33 Å². The molecule has 0 N–H and O–H groups in total. The Labute approximate surface area is 110 Å². The molecule has 96 valence electrons. The maximum Gasteiger partial charge on any atom is 0.387 e. The Morgan fingerprint density at radius 2 is 2.22 bits per heavy atom. The molecule has 0 radical (unpaired) electrons. The van der Waals surface area contributed by atoms with Gasteiger partial charge in [0.25, 0.3) is 0 Å². The fourth-order valence-electron chi connectivity index (χ4n) is 1.35. The monoisotopic (exact) mass is 319 g/mol. The molecule has 0 saturated heterocycles. The molecule has 0 aliphatic rings. The zero-order valence-corrected chi connectivity index (χ0v) is 10.8. The highest BCUT2D eigenvalue weighted by atomic mass is 79.9. The molecule has 0 fully saturated rings. The largest absolute Gasteiger partial charge is 0.465 e. The van der Waals surface area contributed by atoms with E-state index in [-0.39, 0.29) is 22.2 Å². The van der Waals surface area contributed by atoms with Crippen LogP contribution in [-0.2, 0) is 10.1 Å². The Morgan fingerprint density at radius 3 is 2.67 bits per heavy atom. The van der Waals surface area contributed by atoms with Gasteiger partial charge in [-0.1, -0.05) is 15.9 Å². The van der Waals surface area contributed by atoms with E-state index in [1.165, 1.54) is 0 Å². The van der Waals surface area contributed by atoms with E-state index >= 15 is 0 Å². The van der Waals surface area contributed by atoms with E-state index in [2.05, 4.69) is 25.4 Å². The number of benzene rings is 1. The zero-order valence-electron chi connectivity index (χ0n) is 9.25. The molecular weight excluding hydrogens is 312 g/mol. The van der Waals surface area contributed by atoms with Gasteiger partial charge in [-0.2, -0.15) is 14.0 Å². The molecule has 0 aromatic heterocycles. The Morgan fingerprint density at radius 1 is 1.56 bits per heavy atom. The van der Waals surface area contributed by atoms with Gasteiger partial charge < -0.3 is 9.47 Å². The molecule has 18 heavy (non-hydrogen) atoms. The molecule has 0 unspecified atom stereocenters. The van der Waals surface area contributed by atoms with Crippen LogP contribution in [0.25, 0.3) is 0 Å². The van der Waals surface area contributed by atoms with Crippen LogP contribution in [0.1, 0.15) is 21.5 Å². The van der Waals surface area contributed by atoms with Gasteiger partial charge in [-0.3, -0.25) is 0 Å². The molecule has 0 amide bonds. The standard InChI is InChI=1S/C11H8BrF2NO3/c1-17-10(16)8-3-7(18-11(13)14)2-6(5-15)9(8)4-12/h2-3,11H,4H2,1H3. The first-order chi connectivity index (χ1) is 8.53. The summed E-state index contributed by atoms with van der Waals surface area (Å²) in [4.78, 5) is 11.5. The second-order valence-electron chi connectivity index (χ2n) is 3.11. The number of nitriles is 1. The average molecular weight is 320 g/mol. The maximum absolute atomic E-state index is 12.1. The van der Waals surface area contributed by atoms with Crippen LogP contribution in [0.15, 0.2) is 12.1 Å². The van der Waals surface area contributed by atoms with E-state index in [4.69, 9.17) is 5.26 Å². The van der Waals surface area contributed by atoms with Crippen LogP contribution >= 0.6 is 15.9 Å². The van der Waals surface area contributed by atoms with Gasteiger partial charge >= 0.3 is 12.6 Å². The number of carbonyl (C=O) groups is 1. The summed E-state index contributed by atoms with van der Waals surface area (Å²) < 4.78 is 33.0. The van der Waals surface area contributed by atoms with Crippen LogP contribution in [0.2, 0.25) is 0 Å². The van der Waals surface area contributed by atoms with Gasteiger partial charge in [-0.25, -0.2) is 4.79 Å². The van der Waals surface area contributed by atoms with E-state index in [0.29, 0.717) is 5.56 Å². The molecule has 7 heteroatoms. The van der Waals surface area contributed by atoms with Crippen molar-refractivity contribution < 1.29 is 23.0 Å². The lowest BCUT2D eigenvalue weighted by molar-refractivity contribution is -0.0499. The van der Waals surface area contributed by atoms with Gasteiger partial charge in [-0.15, -0.1) is 0 Å². The number of methoxy groups -OCH3 is 1. The summed E-state index contributed by atoms with van der Waals surface area (Å²) in [6.45, 7) is -3.03. The van der Waals surface area contributed by atoms with E-state index in [1.807, 2.05) is 6.07 Å². The van der Waals surface area contributed by atoms with Crippen LogP contribution < -0.4 is 4.74 Å². The first-order valence-corrected chi connectivity index (χ1v) is 5.81. The van der Waals surface area contributed by atoms with Crippen molar-refractivity contribution in [1.82, 2.24) is 0 Å². The van der Waals surface area contributed by atoms with Crippen molar-refractivity contribution in [3.63, 3.8) is 0 Å². The predicted octanol–water partition coefficient (Wildman–Crippen LogP) is 2.84. The maximum atomic E-state index is 12.1. The molecule has 1 aromatic carbocycles. The number of carbonyl (C=O) groups excluding carboxylic acids is 1. The molecule has 1 aromatic rings. The molecule has 0 atom stereocenters. The molecule has 0 heterocycles. The van der Waals surface area contributed by atoms with Crippen molar-refractivity contribution in [3.8, 4) is 11.8 Å². The minimum absolute atomic E-state index is 0.0177. The quantitative estimate of drug-likeness (QED) is 0.632. The highest BCUT2D eigenvalue weighted by Gasteiger charge is 2.18. The van der Waals surface area contributed by atoms with Gasteiger partial charge in [-0.05, 0) is 17.7 Å². The van der Waals surface area contributed by atoms with E-state index in [9.17, 15) is 13.6 Å².